The summed E-state index contributed by atoms with van der Waals surface area (Å²) in [6, 6.07) is 8.47. The number of carbonyl (C=O) groups excluding carboxylic acids is 1. The van der Waals surface area contributed by atoms with Crippen LogP contribution in [0.15, 0.2) is 42.5 Å². The largest absolute Gasteiger partial charge is 0.573 e. The van der Waals surface area contributed by atoms with Gasteiger partial charge in [0.1, 0.15) is 11.9 Å². The van der Waals surface area contributed by atoms with Crippen molar-refractivity contribution in [1.29, 1.82) is 0 Å². The van der Waals surface area contributed by atoms with E-state index in [0.717, 1.165) is 17.7 Å². The second-order valence-corrected chi connectivity index (χ2v) is 11.5. The van der Waals surface area contributed by atoms with Crippen molar-refractivity contribution in [1.82, 2.24) is 9.80 Å². The zero-order valence-corrected chi connectivity index (χ0v) is 22.6. The highest BCUT2D eigenvalue weighted by molar-refractivity contribution is 5.92. The number of carbonyl (C=O) groups is 1. The van der Waals surface area contributed by atoms with Crippen molar-refractivity contribution in [2.75, 3.05) is 20.6 Å². The van der Waals surface area contributed by atoms with Crippen LogP contribution in [0.3, 0.4) is 0 Å². The standard InChI is InChI=1S/C30H33F3N2O5/c1-4-19-16-21(35(3)24(37)11-8-17-6-5-7-20(14-17)40-30(31,32)33)27-28-12-13-34(2)23(29(19,28)38)15-18-9-10-22(36)26(39-27)25(18)28/h5-11,14,19,21,23,27,36,38H,4,12-13,15-16H2,1-3H3/t19-,21-,23+,27-,28-,29+/m0/s1. The normalized spacial score (nSPS) is 32.5. The van der Waals surface area contributed by atoms with Crippen LogP contribution in [0.25, 0.3) is 6.08 Å². The van der Waals surface area contributed by atoms with Crippen LogP contribution in [-0.2, 0) is 16.6 Å². The van der Waals surface area contributed by atoms with Gasteiger partial charge in [-0.25, -0.2) is 0 Å². The number of hydrogen-bond donors (Lipinski definition) is 2. The van der Waals surface area contributed by atoms with E-state index in [-0.39, 0.29) is 29.4 Å². The number of aliphatic hydroxyl groups is 1. The monoisotopic (exact) mass is 558 g/mol. The Morgan fingerprint density at radius 3 is 2.80 bits per heavy atom. The van der Waals surface area contributed by atoms with Crippen LogP contribution in [0.2, 0.25) is 0 Å². The zero-order valence-electron chi connectivity index (χ0n) is 22.6. The molecule has 1 amide bonds. The minimum absolute atomic E-state index is 0.0314. The summed E-state index contributed by atoms with van der Waals surface area (Å²) in [6.07, 6.45) is -0.0878. The number of likely N-dealkylation sites (tertiary alicyclic amines) is 1. The fraction of sp³-hybridized carbons (Fsp3) is 0.500. The van der Waals surface area contributed by atoms with Gasteiger partial charge in [-0.05, 0) is 74.2 Å². The predicted molar refractivity (Wildman–Crippen MR) is 141 cm³/mol. The number of aromatic hydroxyl groups is 1. The number of amides is 1. The maximum atomic E-state index is 13.5. The Hall–Kier alpha value is -3.24. The van der Waals surface area contributed by atoms with Gasteiger partial charge in [-0.3, -0.25) is 4.79 Å². The molecule has 2 bridgehead atoms. The van der Waals surface area contributed by atoms with Crippen LogP contribution in [-0.4, -0.2) is 76.7 Å². The molecule has 2 fully saturated rings. The highest BCUT2D eigenvalue weighted by atomic mass is 19.4. The lowest BCUT2D eigenvalue weighted by atomic mass is 9.45. The third-order valence-electron chi connectivity index (χ3n) is 9.77. The van der Waals surface area contributed by atoms with Crippen molar-refractivity contribution in [2.45, 2.75) is 68.2 Å². The lowest BCUT2D eigenvalue weighted by molar-refractivity contribution is -0.274. The molecule has 0 aromatic heterocycles. The third kappa shape index (κ3) is 3.75. The number of rotatable bonds is 5. The van der Waals surface area contributed by atoms with Crippen LogP contribution in [0, 0.1) is 5.92 Å². The lowest BCUT2D eigenvalue weighted by Crippen LogP contribution is -2.80. The van der Waals surface area contributed by atoms with Crippen LogP contribution in [0.5, 0.6) is 17.2 Å². The van der Waals surface area contributed by atoms with E-state index in [4.69, 9.17) is 4.74 Å². The molecule has 1 saturated heterocycles. The molecule has 40 heavy (non-hydrogen) atoms. The average molecular weight is 559 g/mol. The fourth-order valence-corrected chi connectivity index (χ4v) is 8.06. The molecule has 1 spiro atoms. The first kappa shape index (κ1) is 27.0. The second-order valence-electron chi connectivity index (χ2n) is 11.5. The summed E-state index contributed by atoms with van der Waals surface area (Å²) in [5, 5.41) is 23.5. The van der Waals surface area contributed by atoms with Crippen LogP contribution in [0.1, 0.15) is 42.9 Å². The van der Waals surface area contributed by atoms with Gasteiger partial charge in [-0.2, -0.15) is 0 Å². The van der Waals surface area contributed by atoms with Crippen LogP contribution >= 0.6 is 0 Å². The molecule has 2 aliphatic heterocycles. The van der Waals surface area contributed by atoms with Gasteiger partial charge in [0.25, 0.3) is 0 Å². The van der Waals surface area contributed by atoms with Gasteiger partial charge in [0.15, 0.2) is 11.5 Å². The highest BCUT2D eigenvalue weighted by Gasteiger charge is 2.75. The summed E-state index contributed by atoms with van der Waals surface area (Å²) in [7, 11) is 3.73. The van der Waals surface area contributed by atoms with E-state index in [1.165, 1.54) is 30.4 Å². The van der Waals surface area contributed by atoms with Crippen molar-refractivity contribution >= 4 is 12.0 Å². The maximum absolute atomic E-state index is 13.5. The number of nitrogens with zero attached hydrogens (tertiary/aromatic N) is 2. The molecule has 2 heterocycles. The summed E-state index contributed by atoms with van der Waals surface area (Å²) in [6.45, 7) is 2.80. The highest BCUT2D eigenvalue weighted by Crippen LogP contribution is 2.67. The number of piperidine rings is 1. The molecular formula is C30H33F3N2O5. The average Bonchev–Trinajstić information content (AvgIpc) is 3.25. The molecule has 6 atom stereocenters. The van der Waals surface area contributed by atoms with Crippen LogP contribution in [0.4, 0.5) is 13.2 Å². The molecule has 2 aromatic carbocycles. The minimum atomic E-state index is -4.81. The molecule has 2 aliphatic carbocycles. The number of benzene rings is 2. The second kappa shape index (κ2) is 9.14. The van der Waals surface area contributed by atoms with Crippen molar-refractivity contribution in [3.8, 4) is 17.2 Å². The topological polar surface area (TPSA) is 82.5 Å². The van der Waals surface area contributed by atoms with E-state index >= 15 is 0 Å². The summed E-state index contributed by atoms with van der Waals surface area (Å²) < 4.78 is 48.4. The number of halogens is 3. The van der Waals surface area contributed by atoms with E-state index in [9.17, 15) is 28.2 Å². The first-order chi connectivity index (χ1) is 18.9. The quantitative estimate of drug-likeness (QED) is 0.534. The first-order valence-corrected chi connectivity index (χ1v) is 13.7. The summed E-state index contributed by atoms with van der Waals surface area (Å²) in [4.78, 5) is 17.3. The number of phenolic OH excluding ortho intramolecular Hbond substituents is 1. The molecule has 2 aromatic rings. The molecule has 0 radical (unpaired) electrons. The Kier molecular flexibility index (Phi) is 6.16. The number of ether oxygens (including phenoxy) is 2. The Balaban J connectivity index is 1.35. The Labute approximate surface area is 230 Å². The Morgan fingerprint density at radius 1 is 1.30 bits per heavy atom. The molecule has 10 heteroatoms. The Bertz CT molecular complexity index is 1380. The van der Waals surface area contributed by atoms with Gasteiger partial charge in [-0.15, -0.1) is 13.2 Å². The zero-order chi connectivity index (χ0) is 28.6. The van der Waals surface area contributed by atoms with Crippen molar-refractivity contribution < 1.29 is 37.7 Å². The number of likely N-dealkylation sites (N-methyl/N-ethyl adjacent to an activating group) is 2. The number of alkyl halides is 3. The maximum Gasteiger partial charge on any atom is 0.573 e. The van der Waals surface area contributed by atoms with Gasteiger partial charge in [0.2, 0.25) is 5.91 Å². The lowest BCUT2D eigenvalue weighted by Gasteiger charge is -2.66. The van der Waals surface area contributed by atoms with E-state index in [1.807, 2.05) is 13.1 Å². The summed E-state index contributed by atoms with van der Waals surface area (Å²) in [5.74, 6) is -0.392. The van der Waals surface area contributed by atoms with Crippen molar-refractivity contribution in [2.24, 2.45) is 5.92 Å². The number of phenols is 1. The first-order valence-electron chi connectivity index (χ1n) is 13.7. The smallest absolute Gasteiger partial charge is 0.504 e. The van der Waals surface area contributed by atoms with Crippen molar-refractivity contribution in [3.63, 3.8) is 0 Å². The minimum Gasteiger partial charge on any atom is -0.504 e. The van der Waals surface area contributed by atoms with Crippen molar-refractivity contribution in [3.05, 3.63) is 59.2 Å². The van der Waals surface area contributed by atoms with Crippen LogP contribution < -0.4 is 9.47 Å². The van der Waals surface area contributed by atoms with E-state index < -0.39 is 29.5 Å². The third-order valence-corrected chi connectivity index (χ3v) is 9.77. The molecule has 214 valence electrons. The number of hydrogen-bond acceptors (Lipinski definition) is 6. The van der Waals surface area contributed by atoms with E-state index in [0.29, 0.717) is 37.0 Å². The molecule has 0 unspecified atom stereocenters. The SMILES string of the molecule is CC[C@H]1C[C@H](N(C)C(=O)C=Cc2cccc(OC(F)(F)F)c2)[C@@H]2Oc3c(O)ccc4c3[C@@]23CCN(C)[C@H](C4)[C@]13O. The summed E-state index contributed by atoms with van der Waals surface area (Å²) >= 11 is 0. The van der Waals surface area contributed by atoms with Gasteiger partial charge in [0, 0.05) is 24.7 Å². The van der Waals surface area contributed by atoms with Gasteiger partial charge >= 0.3 is 6.36 Å². The molecular weight excluding hydrogens is 525 g/mol. The molecule has 1 saturated carbocycles. The van der Waals surface area contributed by atoms with E-state index in [2.05, 4.69) is 16.6 Å². The van der Waals surface area contributed by atoms with Gasteiger partial charge in [-0.1, -0.05) is 31.5 Å². The molecule has 4 aliphatic rings. The van der Waals surface area contributed by atoms with Gasteiger partial charge in [0.05, 0.1) is 17.1 Å². The summed E-state index contributed by atoms with van der Waals surface area (Å²) in [5.41, 5.74) is 0.445. The molecule has 2 N–H and O–H groups in total. The molecule has 6 rings (SSSR count). The Morgan fingerprint density at radius 2 is 2.08 bits per heavy atom. The fourth-order valence-electron chi connectivity index (χ4n) is 8.06. The van der Waals surface area contributed by atoms with Gasteiger partial charge < -0.3 is 29.5 Å². The van der Waals surface area contributed by atoms with E-state index in [1.54, 1.807) is 24.1 Å². The molecule has 7 nitrogen and oxygen atoms in total. The predicted octanol–water partition coefficient (Wildman–Crippen LogP) is 4.25.